The maximum atomic E-state index is 12.1. The zero-order valence-electron chi connectivity index (χ0n) is 11.8. The Morgan fingerprint density at radius 1 is 1.47 bits per heavy atom. The Morgan fingerprint density at radius 2 is 2.26 bits per heavy atom. The molecule has 3 N–H and O–H groups in total. The quantitative estimate of drug-likeness (QED) is 0.814. The van der Waals surface area contributed by atoms with Gasteiger partial charge in [0.25, 0.3) is 0 Å². The number of fused-ring (bicyclic) bond motifs is 1. The van der Waals surface area contributed by atoms with Crippen molar-refractivity contribution in [3.05, 3.63) is 29.3 Å². The molecule has 0 radical (unpaired) electrons. The van der Waals surface area contributed by atoms with Crippen molar-refractivity contribution in [2.45, 2.75) is 38.8 Å². The van der Waals surface area contributed by atoms with Gasteiger partial charge < -0.3 is 16.0 Å². The SMILES string of the molecule is CNCc1ccc2c(c1)CC(=O)N2CCCC(C)N. The van der Waals surface area contributed by atoms with Gasteiger partial charge in [-0.3, -0.25) is 4.79 Å². The lowest BCUT2D eigenvalue weighted by molar-refractivity contribution is -0.117. The fourth-order valence-electron chi connectivity index (χ4n) is 2.57. The van der Waals surface area contributed by atoms with Gasteiger partial charge in [0.05, 0.1) is 6.42 Å². The Balaban J connectivity index is 2.06. The lowest BCUT2D eigenvalue weighted by atomic mass is 10.1. The molecule has 0 saturated heterocycles. The van der Waals surface area contributed by atoms with Gasteiger partial charge in [-0.1, -0.05) is 12.1 Å². The fraction of sp³-hybridized carbons (Fsp3) is 0.533. The molecular weight excluding hydrogens is 238 g/mol. The second-order valence-corrected chi connectivity index (χ2v) is 5.34. The van der Waals surface area contributed by atoms with Gasteiger partial charge in [-0.05, 0) is 44.0 Å². The molecule has 1 aliphatic rings. The molecule has 0 bridgehead atoms. The van der Waals surface area contributed by atoms with E-state index in [1.54, 1.807) is 0 Å². The maximum absolute atomic E-state index is 12.1. The Hall–Kier alpha value is -1.39. The molecule has 1 heterocycles. The highest BCUT2D eigenvalue weighted by atomic mass is 16.2. The minimum Gasteiger partial charge on any atom is -0.328 e. The molecule has 0 saturated carbocycles. The lowest BCUT2D eigenvalue weighted by Crippen LogP contribution is -2.29. The summed E-state index contributed by atoms with van der Waals surface area (Å²) in [7, 11) is 1.93. The van der Waals surface area contributed by atoms with Crippen molar-refractivity contribution in [1.29, 1.82) is 0 Å². The van der Waals surface area contributed by atoms with E-state index in [9.17, 15) is 4.79 Å². The number of rotatable bonds is 6. The minimum absolute atomic E-state index is 0.204. The number of nitrogens with zero attached hydrogens (tertiary/aromatic N) is 1. The van der Waals surface area contributed by atoms with Gasteiger partial charge in [-0.25, -0.2) is 0 Å². The van der Waals surface area contributed by atoms with E-state index in [1.165, 1.54) is 5.56 Å². The summed E-state index contributed by atoms with van der Waals surface area (Å²) >= 11 is 0. The van der Waals surface area contributed by atoms with E-state index < -0.39 is 0 Å². The molecule has 0 fully saturated rings. The molecule has 1 unspecified atom stereocenters. The van der Waals surface area contributed by atoms with Gasteiger partial charge in [-0.15, -0.1) is 0 Å². The molecule has 1 aromatic carbocycles. The van der Waals surface area contributed by atoms with Crippen LogP contribution in [0.2, 0.25) is 0 Å². The van der Waals surface area contributed by atoms with Crippen LogP contribution < -0.4 is 16.0 Å². The molecule has 1 aromatic rings. The zero-order valence-corrected chi connectivity index (χ0v) is 11.8. The molecule has 2 rings (SSSR count). The molecule has 104 valence electrons. The summed E-state index contributed by atoms with van der Waals surface area (Å²) in [5.74, 6) is 0.210. The van der Waals surface area contributed by atoms with Crippen LogP contribution in [0.4, 0.5) is 5.69 Å². The van der Waals surface area contributed by atoms with Crippen LogP contribution in [-0.2, 0) is 17.8 Å². The molecule has 4 heteroatoms. The Labute approximate surface area is 115 Å². The van der Waals surface area contributed by atoms with Crippen LogP contribution >= 0.6 is 0 Å². The topological polar surface area (TPSA) is 58.4 Å². The van der Waals surface area contributed by atoms with E-state index in [1.807, 2.05) is 18.9 Å². The first-order valence-electron chi connectivity index (χ1n) is 6.94. The van der Waals surface area contributed by atoms with Crippen LogP contribution in [0.25, 0.3) is 0 Å². The highest BCUT2D eigenvalue weighted by molar-refractivity contribution is 6.01. The van der Waals surface area contributed by atoms with Gasteiger partial charge in [0.1, 0.15) is 0 Å². The fourth-order valence-corrected chi connectivity index (χ4v) is 2.57. The number of nitrogens with one attached hydrogen (secondary N) is 1. The van der Waals surface area contributed by atoms with Crippen LogP contribution in [0.5, 0.6) is 0 Å². The summed E-state index contributed by atoms with van der Waals surface area (Å²) in [6.07, 6.45) is 2.45. The lowest BCUT2D eigenvalue weighted by Gasteiger charge is -2.18. The van der Waals surface area contributed by atoms with Crippen LogP contribution in [0.3, 0.4) is 0 Å². The van der Waals surface area contributed by atoms with Gasteiger partial charge >= 0.3 is 0 Å². The highest BCUT2D eigenvalue weighted by Crippen LogP contribution is 2.30. The summed E-state index contributed by atoms with van der Waals surface area (Å²) in [4.78, 5) is 14.0. The normalized spacial score (nSPS) is 15.7. The highest BCUT2D eigenvalue weighted by Gasteiger charge is 2.26. The largest absolute Gasteiger partial charge is 0.328 e. The molecule has 4 nitrogen and oxygen atoms in total. The summed E-state index contributed by atoms with van der Waals surface area (Å²) in [5.41, 5.74) is 9.21. The van der Waals surface area contributed by atoms with Crippen LogP contribution in [0.1, 0.15) is 30.9 Å². The van der Waals surface area contributed by atoms with Crippen molar-refractivity contribution < 1.29 is 4.79 Å². The minimum atomic E-state index is 0.204. The molecule has 0 spiro atoms. The second-order valence-electron chi connectivity index (χ2n) is 5.34. The number of anilines is 1. The van der Waals surface area contributed by atoms with Gasteiger partial charge in [-0.2, -0.15) is 0 Å². The Bertz CT molecular complexity index is 457. The monoisotopic (exact) mass is 261 g/mol. The van der Waals surface area contributed by atoms with Crippen LogP contribution in [0.15, 0.2) is 18.2 Å². The number of nitrogens with two attached hydrogens (primary N) is 1. The molecule has 1 atom stereocenters. The Morgan fingerprint density at radius 3 is 2.95 bits per heavy atom. The van der Waals surface area contributed by atoms with E-state index >= 15 is 0 Å². The molecule has 19 heavy (non-hydrogen) atoms. The number of benzene rings is 1. The van der Waals surface area contributed by atoms with E-state index in [2.05, 4.69) is 23.5 Å². The van der Waals surface area contributed by atoms with Crippen molar-refractivity contribution in [2.75, 3.05) is 18.5 Å². The average molecular weight is 261 g/mol. The predicted molar refractivity (Wildman–Crippen MR) is 78.1 cm³/mol. The van der Waals surface area contributed by atoms with E-state index in [-0.39, 0.29) is 11.9 Å². The first-order valence-corrected chi connectivity index (χ1v) is 6.94. The molecule has 1 aliphatic heterocycles. The number of hydrogen-bond donors (Lipinski definition) is 2. The first-order chi connectivity index (χ1) is 9.11. The van der Waals surface area contributed by atoms with Gasteiger partial charge in [0, 0.05) is 24.8 Å². The first kappa shape index (κ1) is 14.0. The molecular formula is C15H23N3O. The number of carbonyl (C=O) groups excluding carboxylic acids is 1. The smallest absolute Gasteiger partial charge is 0.231 e. The van der Waals surface area contributed by atoms with Crippen molar-refractivity contribution in [3.63, 3.8) is 0 Å². The van der Waals surface area contributed by atoms with Gasteiger partial charge in [0.15, 0.2) is 0 Å². The second kappa shape index (κ2) is 6.17. The van der Waals surface area contributed by atoms with Crippen molar-refractivity contribution in [1.82, 2.24) is 5.32 Å². The third-order valence-corrected chi connectivity index (χ3v) is 3.50. The molecule has 1 amide bonds. The van der Waals surface area contributed by atoms with E-state index in [0.29, 0.717) is 6.42 Å². The molecule has 0 aromatic heterocycles. The third kappa shape index (κ3) is 3.33. The summed E-state index contributed by atoms with van der Waals surface area (Å²) in [5, 5.41) is 3.13. The predicted octanol–water partition coefficient (Wildman–Crippen LogP) is 1.42. The zero-order chi connectivity index (χ0) is 13.8. The van der Waals surface area contributed by atoms with E-state index in [4.69, 9.17) is 5.73 Å². The van der Waals surface area contributed by atoms with Crippen LogP contribution in [0, 0.1) is 0 Å². The standard InChI is InChI=1S/C15H23N3O/c1-11(16)4-3-7-18-14-6-5-12(10-17-2)8-13(14)9-15(18)19/h5-6,8,11,17H,3-4,7,9-10,16H2,1-2H3. The maximum Gasteiger partial charge on any atom is 0.231 e. The van der Waals surface area contributed by atoms with Crippen molar-refractivity contribution >= 4 is 11.6 Å². The summed E-state index contributed by atoms with van der Waals surface area (Å²) in [6, 6.07) is 6.50. The number of hydrogen-bond acceptors (Lipinski definition) is 3. The number of carbonyl (C=O) groups is 1. The van der Waals surface area contributed by atoms with Crippen molar-refractivity contribution in [3.8, 4) is 0 Å². The summed E-state index contributed by atoms with van der Waals surface area (Å²) in [6.45, 7) is 3.62. The Kier molecular flexibility index (Phi) is 4.56. The van der Waals surface area contributed by atoms with Crippen molar-refractivity contribution in [2.24, 2.45) is 5.73 Å². The third-order valence-electron chi connectivity index (χ3n) is 3.50. The average Bonchev–Trinajstić information content (AvgIpc) is 2.65. The number of amides is 1. The van der Waals surface area contributed by atoms with Gasteiger partial charge in [0.2, 0.25) is 5.91 Å². The van der Waals surface area contributed by atoms with Crippen LogP contribution in [-0.4, -0.2) is 25.5 Å². The summed E-state index contributed by atoms with van der Waals surface area (Å²) < 4.78 is 0. The van der Waals surface area contributed by atoms with E-state index in [0.717, 1.165) is 37.2 Å². The molecule has 0 aliphatic carbocycles.